The second kappa shape index (κ2) is 6.50. The van der Waals surface area contributed by atoms with Crippen LogP contribution in [0.3, 0.4) is 0 Å². The van der Waals surface area contributed by atoms with Crippen LogP contribution in [0.5, 0.6) is 0 Å². The van der Waals surface area contributed by atoms with E-state index in [1.54, 1.807) is 6.07 Å². The standard InChI is InChI=1S/C15H21N3O2/c1-4-6-13(7-5-2)18-10-12-8-11(15(19)20-3)9-16-14(12)17-18/h8-10,13H,4-7H2,1-3H3. The molecular formula is C15H21N3O2. The zero-order valence-corrected chi connectivity index (χ0v) is 12.3. The Bertz CT molecular complexity index is 586. The molecule has 0 aliphatic rings. The molecule has 0 spiro atoms. The molecule has 0 amide bonds. The third-order valence-corrected chi connectivity index (χ3v) is 3.42. The molecule has 0 aliphatic heterocycles. The fraction of sp³-hybridized carbons (Fsp3) is 0.533. The number of pyridine rings is 1. The average molecular weight is 275 g/mol. The van der Waals surface area contributed by atoms with Crippen LogP contribution in [0, 0.1) is 0 Å². The molecule has 2 aromatic rings. The average Bonchev–Trinajstić information content (AvgIpc) is 2.89. The van der Waals surface area contributed by atoms with Crippen LogP contribution in [0.4, 0.5) is 0 Å². The van der Waals surface area contributed by atoms with E-state index in [2.05, 4.69) is 23.9 Å². The summed E-state index contributed by atoms with van der Waals surface area (Å²) < 4.78 is 6.70. The van der Waals surface area contributed by atoms with E-state index in [1.165, 1.54) is 13.3 Å². The van der Waals surface area contributed by atoms with E-state index in [0.717, 1.165) is 31.1 Å². The normalized spacial score (nSPS) is 11.2. The second-order valence-electron chi connectivity index (χ2n) is 4.97. The largest absolute Gasteiger partial charge is 0.465 e. The molecule has 0 N–H and O–H groups in total. The molecule has 0 bridgehead atoms. The topological polar surface area (TPSA) is 57.0 Å². The van der Waals surface area contributed by atoms with Crippen molar-refractivity contribution in [1.82, 2.24) is 14.8 Å². The van der Waals surface area contributed by atoms with Gasteiger partial charge in [-0.15, -0.1) is 0 Å². The first-order valence-corrected chi connectivity index (χ1v) is 7.12. The highest BCUT2D eigenvalue weighted by atomic mass is 16.5. The predicted molar refractivity (Wildman–Crippen MR) is 77.7 cm³/mol. The van der Waals surface area contributed by atoms with Crippen LogP contribution in [0.2, 0.25) is 0 Å². The first-order chi connectivity index (χ1) is 9.69. The molecule has 0 aliphatic carbocycles. The van der Waals surface area contributed by atoms with Crippen LogP contribution in [-0.2, 0) is 4.74 Å². The predicted octanol–water partition coefficient (Wildman–Crippen LogP) is 3.36. The Morgan fingerprint density at radius 3 is 2.65 bits per heavy atom. The summed E-state index contributed by atoms with van der Waals surface area (Å²) >= 11 is 0. The van der Waals surface area contributed by atoms with Gasteiger partial charge in [-0.3, -0.25) is 4.68 Å². The van der Waals surface area contributed by atoms with Crippen molar-refractivity contribution in [2.75, 3.05) is 7.11 Å². The van der Waals surface area contributed by atoms with E-state index in [0.29, 0.717) is 17.3 Å². The summed E-state index contributed by atoms with van der Waals surface area (Å²) in [4.78, 5) is 15.8. The maximum atomic E-state index is 11.5. The fourth-order valence-corrected chi connectivity index (χ4v) is 2.43. The van der Waals surface area contributed by atoms with Gasteiger partial charge < -0.3 is 4.74 Å². The van der Waals surface area contributed by atoms with Gasteiger partial charge in [-0.1, -0.05) is 26.7 Å². The number of aromatic nitrogens is 3. The smallest absolute Gasteiger partial charge is 0.339 e. The lowest BCUT2D eigenvalue weighted by atomic mass is 10.1. The third kappa shape index (κ3) is 2.98. The Labute approximate surface area is 118 Å². The highest BCUT2D eigenvalue weighted by Crippen LogP contribution is 2.22. The zero-order chi connectivity index (χ0) is 14.5. The summed E-state index contributed by atoms with van der Waals surface area (Å²) in [7, 11) is 1.37. The number of methoxy groups -OCH3 is 1. The van der Waals surface area contributed by atoms with Crippen molar-refractivity contribution in [3.63, 3.8) is 0 Å². The Balaban J connectivity index is 2.34. The summed E-state index contributed by atoms with van der Waals surface area (Å²) in [6.07, 6.45) is 7.95. The van der Waals surface area contributed by atoms with E-state index in [-0.39, 0.29) is 5.97 Å². The van der Waals surface area contributed by atoms with Gasteiger partial charge in [0.25, 0.3) is 0 Å². The maximum absolute atomic E-state index is 11.5. The van der Waals surface area contributed by atoms with Crippen molar-refractivity contribution >= 4 is 17.0 Å². The van der Waals surface area contributed by atoms with Crippen LogP contribution in [0.1, 0.15) is 55.9 Å². The number of ether oxygens (including phenoxy) is 1. The SMILES string of the molecule is CCCC(CCC)n1cc2cc(C(=O)OC)cnc2n1. The first-order valence-electron chi connectivity index (χ1n) is 7.12. The summed E-state index contributed by atoms with van der Waals surface area (Å²) in [5.41, 5.74) is 1.14. The van der Waals surface area contributed by atoms with E-state index >= 15 is 0 Å². The number of fused-ring (bicyclic) bond motifs is 1. The van der Waals surface area contributed by atoms with E-state index in [9.17, 15) is 4.79 Å². The number of rotatable bonds is 6. The summed E-state index contributed by atoms with van der Waals surface area (Å²) in [5.74, 6) is -0.370. The molecule has 20 heavy (non-hydrogen) atoms. The van der Waals surface area contributed by atoms with E-state index in [1.807, 2.05) is 10.9 Å². The van der Waals surface area contributed by atoms with Gasteiger partial charge in [0.1, 0.15) is 0 Å². The molecule has 0 aromatic carbocycles. The molecule has 2 heterocycles. The molecule has 0 atom stereocenters. The minimum Gasteiger partial charge on any atom is -0.465 e. The van der Waals surface area contributed by atoms with Crippen LogP contribution in [-0.4, -0.2) is 27.8 Å². The molecule has 0 fully saturated rings. The Morgan fingerprint density at radius 1 is 1.35 bits per heavy atom. The molecule has 0 saturated heterocycles. The number of hydrogen-bond acceptors (Lipinski definition) is 4. The van der Waals surface area contributed by atoms with Gasteiger partial charge in [-0.2, -0.15) is 5.10 Å². The van der Waals surface area contributed by atoms with Crippen LogP contribution in [0.25, 0.3) is 11.0 Å². The lowest BCUT2D eigenvalue weighted by molar-refractivity contribution is 0.0600. The van der Waals surface area contributed by atoms with Gasteiger partial charge in [-0.05, 0) is 18.9 Å². The number of carbonyl (C=O) groups is 1. The molecule has 0 unspecified atom stereocenters. The highest BCUT2D eigenvalue weighted by Gasteiger charge is 2.14. The summed E-state index contributed by atoms with van der Waals surface area (Å²) in [5, 5.41) is 5.41. The van der Waals surface area contributed by atoms with Crippen molar-refractivity contribution in [3.8, 4) is 0 Å². The second-order valence-corrected chi connectivity index (χ2v) is 4.97. The van der Waals surface area contributed by atoms with Crippen LogP contribution < -0.4 is 0 Å². The van der Waals surface area contributed by atoms with Gasteiger partial charge in [0.15, 0.2) is 5.65 Å². The molecule has 0 radical (unpaired) electrons. The molecule has 2 aromatic heterocycles. The quantitative estimate of drug-likeness (QED) is 0.758. The van der Waals surface area contributed by atoms with Crippen LogP contribution in [0.15, 0.2) is 18.5 Å². The van der Waals surface area contributed by atoms with Gasteiger partial charge >= 0.3 is 5.97 Å². The minimum atomic E-state index is -0.370. The fourth-order valence-electron chi connectivity index (χ4n) is 2.43. The maximum Gasteiger partial charge on any atom is 0.339 e. The van der Waals surface area contributed by atoms with Crippen molar-refractivity contribution in [1.29, 1.82) is 0 Å². The molecule has 5 nitrogen and oxygen atoms in total. The van der Waals surface area contributed by atoms with E-state index in [4.69, 9.17) is 4.74 Å². The van der Waals surface area contributed by atoms with Crippen molar-refractivity contribution in [2.45, 2.75) is 45.6 Å². The number of esters is 1. The lowest BCUT2D eigenvalue weighted by Crippen LogP contribution is -2.09. The van der Waals surface area contributed by atoms with Crippen molar-refractivity contribution in [2.24, 2.45) is 0 Å². The zero-order valence-electron chi connectivity index (χ0n) is 12.3. The van der Waals surface area contributed by atoms with E-state index < -0.39 is 0 Å². The summed E-state index contributed by atoms with van der Waals surface area (Å²) in [6.45, 7) is 4.36. The Kier molecular flexibility index (Phi) is 4.71. The Morgan fingerprint density at radius 2 is 2.05 bits per heavy atom. The van der Waals surface area contributed by atoms with Gasteiger partial charge in [0, 0.05) is 17.8 Å². The number of carbonyl (C=O) groups excluding carboxylic acids is 1. The lowest BCUT2D eigenvalue weighted by Gasteiger charge is -2.15. The first kappa shape index (κ1) is 14.5. The Hall–Kier alpha value is -1.91. The monoisotopic (exact) mass is 275 g/mol. The van der Waals surface area contributed by atoms with Crippen LogP contribution >= 0.6 is 0 Å². The highest BCUT2D eigenvalue weighted by molar-refractivity contribution is 5.92. The number of hydrogen-bond donors (Lipinski definition) is 0. The van der Waals surface area contributed by atoms with Crippen molar-refractivity contribution in [3.05, 3.63) is 24.0 Å². The minimum absolute atomic E-state index is 0.370. The van der Waals surface area contributed by atoms with Crippen molar-refractivity contribution < 1.29 is 9.53 Å². The molecule has 108 valence electrons. The van der Waals surface area contributed by atoms with Gasteiger partial charge in [0.05, 0.1) is 18.7 Å². The molecule has 2 rings (SSSR count). The summed E-state index contributed by atoms with van der Waals surface area (Å²) in [6, 6.07) is 2.19. The molecule has 5 heteroatoms. The molecular weight excluding hydrogens is 254 g/mol. The van der Waals surface area contributed by atoms with Gasteiger partial charge in [0.2, 0.25) is 0 Å². The van der Waals surface area contributed by atoms with Gasteiger partial charge in [-0.25, -0.2) is 9.78 Å². The number of nitrogens with zero attached hydrogens (tertiary/aromatic N) is 3. The third-order valence-electron chi connectivity index (χ3n) is 3.42. The molecule has 0 saturated carbocycles.